The van der Waals surface area contributed by atoms with Crippen LogP contribution in [0.15, 0.2) is 0 Å². The van der Waals surface area contributed by atoms with Gasteiger partial charge in [-0.05, 0) is 11.8 Å². The van der Waals surface area contributed by atoms with Crippen molar-refractivity contribution in [2.24, 2.45) is 11.8 Å². The fourth-order valence-electron chi connectivity index (χ4n) is 2.04. The van der Waals surface area contributed by atoms with E-state index >= 15 is 0 Å². The summed E-state index contributed by atoms with van der Waals surface area (Å²) >= 11 is 0. The highest BCUT2D eigenvalue weighted by atomic mass is 31.2. The smallest absolute Gasteiger partial charge is 0.434 e. The van der Waals surface area contributed by atoms with Gasteiger partial charge in [0.15, 0.2) is 18.5 Å². The van der Waals surface area contributed by atoms with Crippen molar-refractivity contribution >= 4 is 20.1 Å². The van der Waals surface area contributed by atoms with E-state index in [-0.39, 0.29) is 25.0 Å². The van der Waals surface area contributed by atoms with Crippen LogP contribution in [0.25, 0.3) is 0 Å². The Morgan fingerprint density at radius 1 is 0.964 bits per heavy atom. The largest absolute Gasteiger partial charge is 0.508 e. The molecule has 1 saturated heterocycles. The molecule has 0 spiro atoms. The lowest BCUT2D eigenvalue weighted by molar-refractivity contribution is -0.139. The molecule has 13 heteroatoms. The van der Waals surface area contributed by atoms with Crippen molar-refractivity contribution in [1.29, 1.82) is 0 Å². The average Bonchev–Trinajstić information content (AvgIpc) is 2.84. The molecule has 0 bridgehead atoms. The number of rotatable bonds is 9. The highest BCUT2D eigenvalue weighted by Gasteiger charge is 2.50. The molecule has 0 aliphatic carbocycles. The SMILES string of the molecule is CC(C)COC(=O)O[C@@H]1[C@@H](COP(=O)(O)O)OC(O)[C@@H]1OC(=O)OCC(C)C. The summed E-state index contributed by atoms with van der Waals surface area (Å²) in [5.74, 6) is 0.0459. The molecule has 1 unspecified atom stereocenters. The zero-order valence-corrected chi connectivity index (χ0v) is 16.9. The molecule has 1 aliphatic heterocycles. The summed E-state index contributed by atoms with van der Waals surface area (Å²) in [6.45, 7) is 6.53. The molecule has 1 heterocycles. The Morgan fingerprint density at radius 3 is 1.86 bits per heavy atom. The number of aliphatic hydroxyl groups excluding tert-OH is 1. The van der Waals surface area contributed by atoms with Crippen LogP contribution in [-0.4, -0.2) is 71.6 Å². The van der Waals surface area contributed by atoms with Crippen LogP contribution >= 0.6 is 7.82 Å². The van der Waals surface area contributed by atoms with Crippen LogP contribution in [0.4, 0.5) is 9.59 Å². The second-order valence-electron chi connectivity index (χ2n) is 6.93. The van der Waals surface area contributed by atoms with Gasteiger partial charge in [-0.3, -0.25) is 4.52 Å². The van der Waals surface area contributed by atoms with Gasteiger partial charge in [0.05, 0.1) is 19.8 Å². The predicted octanol–water partition coefficient (Wildman–Crippen LogP) is 1.17. The van der Waals surface area contributed by atoms with Gasteiger partial charge in [-0.15, -0.1) is 0 Å². The first-order valence-corrected chi connectivity index (χ1v) is 10.1. The molecule has 4 atom stereocenters. The summed E-state index contributed by atoms with van der Waals surface area (Å²) in [5, 5.41) is 9.98. The minimum atomic E-state index is -4.86. The number of hydrogen-bond acceptors (Lipinski definition) is 10. The van der Waals surface area contributed by atoms with E-state index in [1.807, 2.05) is 0 Å². The lowest BCUT2D eigenvalue weighted by Gasteiger charge is -2.23. The Labute approximate surface area is 162 Å². The molecule has 0 amide bonds. The molecule has 28 heavy (non-hydrogen) atoms. The Bertz CT molecular complexity index is 559. The first-order valence-electron chi connectivity index (χ1n) is 8.59. The third-order valence-electron chi connectivity index (χ3n) is 3.23. The minimum Gasteiger partial charge on any atom is -0.434 e. The molecule has 1 aliphatic rings. The highest BCUT2D eigenvalue weighted by Crippen LogP contribution is 2.37. The van der Waals surface area contributed by atoms with Crippen LogP contribution in [0.1, 0.15) is 27.7 Å². The van der Waals surface area contributed by atoms with Gasteiger partial charge in [0.1, 0.15) is 6.10 Å². The molecule has 3 N–H and O–H groups in total. The number of carbonyl (C=O) groups is 2. The lowest BCUT2D eigenvalue weighted by atomic mass is 10.1. The van der Waals surface area contributed by atoms with Gasteiger partial charge in [0.25, 0.3) is 0 Å². The number of hydrogen-bond donors (Lipinski definition) is 3. The fourth-order valence-corrected chi connectivity index (χ4v) is 2.38. The molecule has 0 radical (unpaired) electrons. The van der Waals surface area contributed by atoms with E-state index in [9.17, 15) is 19.3 Å². The van der Waals surface area contributed by atoms with Crippen LogP contribution in [0.3, 0.4) is 0 Å². The van der Waals surface area contributed by atoms with Crippen molar-refractivity contribution < 1.29 is 57.3 Å². The molecule has 0 aromatic heterocycles. The molecular formula is C15H27O12P. The van der Waals surface area contributed by atoms with Crippen molar-refractivity contribution in [3.8, 4) is 0 Å². The molecular weight excluding hydrogens is 403 g/mol. The van der Waals surface area contributed by atoms with Crippen LogP contribution in [0, 0.1) is 11.8 Å². The third kappa shape index (κ3) is 9.18. The van der Waals surface area contributed by atoms with Gasteiger partial charge in [-0.2, -0.15) is 0 Å². The normalized spacial score (nSPS) is 25.0. The van der Waals surface area contributed by atoms with Crippen molar-refractivity contribution in [3.63, 3.8) is 0 Å². The number of ether oxygens (including phenoxy) is 5. The molecule has 0 aromatic carbocycles. The molecule has 1 rings (SSSR count). The quantitative estimate of drug-likeness (QED) is 0.353. The number of carbonyl (C=O) groups excluding carboxylic acids is 2. The molecule has 1 fully saturated rings. The second kappa shape index (κ2) is 10.9. The van der Waals surface area contributed by atoms with E-state index in [4.69, 9.17) is 33.5 Å². The molecule has 12 nitrogen and oxygen atoms in total. The predicted molar refractivity (Wildman–Crippen MR) is 91.0 cm³/mol. The van der Waals surface area contributed by atoms with E-state index in [1.54, 1.807) is 27.7 Å². The topological polar surface area (TPSA) is 167 Å². The van der Waals surface area contributed by atoms with Crippen molar-refractivity contribution in [2.75, 3.05) is 19.8 Å². The summed E-state index contributed by atoms with van der Waals surface area (Å²) in [6.07, 6.45) is -8.33. The van der Waals surface area contributed by atoms with Gasteiger partial charge in [-0.25, -0.2) is 14.2 Å². The standard InChI is InChI=1S/C15H27O12P/c1-8(2)5-22-14(17)26-11-10(7-24-28(19,20)21)25-13(16)12(11)27-15(18)23-6-9(3)4/h8-13,16H,5-7H2,1-4H3,(H2,19,20,21)/t10-,11-,12-,13?/m1/s1. The molecule has 0 saturated carbocycles. The highest BCUT2D eigenvalue weighted by molar-refractivity contribution is 7.46. The Hall–Kier alpha value is -1.43. The maximum absolute atomic E-state index is 11.9. The summed E-state index contributed by atoms with van der Waals surface area (Å²) in [4.78, 5) is 41.3. The fraction of sp³-hybridized carbons (Fsp3) is 0.867. The number of phosphoric ester groups is 1. The monoisotopic (exact) mass is 430 g/mol. The van der Waals surface area contributed by atoms with Crippen molar-refractivity contribution in [3.05, 3.63) is 0 Å². The minimum absolute atomic E-state index is 0.0183. The zero-order valence-electron chi connectivity index (χ0n) is 16.0. The summed E-state index contributed by atoms with van der Waals surface area (Å²) < 4.78 is 40.0. The van der Waals surface area contributed by atoms with Gasteiger partial charge in [0, 0.05) is 0 Å². The first kappa shape index (κ1) is 24.6. The number of aliphatic hydroxyl groups is 1. The molecule has 164 valence electrons. The summed E-state index contributed by atoms with van der Waals surface area (Å²) in [6, 6.07) is 0. The van der Waals surface area contributed by atoms with Gasteiger partial charge < -0.3 is 38.6 Å². The van der Waals surface area contributed by atoms with Gasteiger partial charge in [-0.1, -0.05) is 27.7 Å². The van der Waals surface area contributed by atoms with Crippen LogP contribution < -0.4 is 0 Å². The van der Waals surface area contributed by atoms with Crippen LogP contribution in [0.2, 0.25) is 0 Å². The Balaban J connectivity index is 2.82. The lowest BCUT2D eigenvalue weighted by Crippen LogP contribution is -2.42. The molecule has 0 aromatic rings. The van der Waals surface area contributed by atoms with Crippen molar-refractivity contribution in [2.45, 2.75) is 52.3 Å². The third-order valence-corrected chi connectivity index (χ3v) is 3.71. The maximum Gasteiger partial charge on any atom is 0.508 e. The van der Waals surface area contributed by atoms with E-state index in [0.29, 0.717) is 0 Å². The Morgan fingerprint density at radius 2 is 1.43 bits per heavy atom. The Kier molecular flexibility index (Phi) is 9.61. The average molecular weight is 430 g/mol. The zero-order chi connectivity index (χ0) is 21.5. The maximum atomic E-state index is 11.9. The number of phosphoric acid groups is 1. The van der Waals surface area contributed by atoms with Crippen LogP contribution in [-0.2, 0) is 32.8 Å². The van der Waals surface area contributed by atoms with E-state index < -0.39 is 51.3 Å². The summed E-state index contributed by atoms with van der Waals surface area (Å²) in [7, 11) is -4.86. The first-order chi connectivity index (χ1) is 12.9. The van der Waals surface area contributed by atoms with Crippen molar-refractivity contribution in [1.82, 2.24) is 0 Å². The van der Waals surface area contributed by atoms with Gasteiger partial charge in [0.2, 0.25) is 0 Å². The van der Waals surface area contributed by atoms with Gasteiger partial charge >= 0.3 is 20.1 Å². The van der Waals surface area contributed by atoms with Crippen LogP contribution in [0.5, 0.6) is 0 Å². The summed E-state index contributed by atoms with van der Waals surface area (Å²) in [5.41, 5.74) is 0. The van der Waals surface area contributed by atoms with E-state index in [2.05, 4.69) is 4.52 Å². The van der Waals surface area contributed by atoms with E-state index in [1.165, 1.54) is 0 Å². The van der Waals surface area contributed by atoms with E-state index in [0.717, 1.165) is 0 Å². The second-order valence-corrected chi connectivity index (χ2v) is 8.17.